The zero-order valence-electron chi connectivity index (χ0n) is 14.0. The van der Waals surface area contributed by atoms with E-state index in [1.54, 1.807) is 4.90 Å². The Morgan fingerprint density at radius 1 is 1.30 bits per heavy atom. The molecule has 5 nitrogen and oxygen atoms in total. The molecule has 1 aromatic rings. The van der Waals surface area contributed by atoms with E-state index in [0.29, 0.717) is 13.0 Å². The summed E-state index contributed by atoms with van der Waals surface area (Å²) in [5.74, 6) is 0.832. The maximum Gasteiger partial charge on any atom is 0.260 e. The number of ether oxygens (including phenoxy) is 1. The quantitative estimate of drug-likeness (QED) is 0.796. The van der Waals surface area contributed by atoms with Crippen molar-refractivity contribution in [3.05, 3.63) is 29.3 Å². The fraction of sp³-hybridized carbons (Fsp3) is 0.588. The van der Waals surface area contributed by atoms with Crippen molar-refractivity contribution >= 4 is 15.7 Å². The van der Waals surface area contributed by atoms with Crippen molar-refractivity contribution in [1.82, 2.24) is 4.90 Å². The van der Waals surface area contributed by atoms with Crippen LogP contribution in [-0.4, -0.2) is 49.9 Å². The van der Waals surface area contributed by atoms with Gasteiger partial charge in [0, 0.05) is 12.6 Å². The molecule has 2 rings (SSSR count). The fourth-order valence-electron chi connectivity index (χ4n) is 3.02. The lowest BCUT2D eigenvalue weighted by Gasteiger charge is -2.28. The summed E-state index contributed by atoms with van der Waals surface area (Å²) in [6, 6.07) is 5.63. The number of carbonyl (C=O) groups is 1. The molecule has 1 amide bonds. The highest BCUT2D eigenvalue weighted by Crippen LogP contribution is 2.23. The average Bonchev–Trinajstić information content (AvgIpc) is 2.84. The summed E-state index contributed by atoms with van der Waals surface area (Å²) in [4.78, 5) is 14.2. The first-order valence-corrected chi connectivity index (χ1v) is 9.85. The normalized spacial score (nSPS) is 19.5. The Bertz CT molecular complexity index is 649. The molecule has 1 unspecified atom stereocenters. The zero-order chi connectivity index (χ0) is 17.0. The van der Waals surface area contributed by atoms with Gasteiger partial charge in [-0.15, -0.1) is 0 Å². The number of nitrogens with zero attached hydrogens (tertiary/aromatic N) is 1. The molecule has 1 fully saturated rings. The second-order valence-electron chi connectivity index (χ2n) is 6.15. The van der Waals surface area contributed by atoms with Crippen molar-refractivity contribution in [2.45, 2.75) is 39.7 Å². The summed E-state index contributed by atoms with van der Waals surface area (Å²) in [5.41, 5.74) is 1.98. The third-order valence-electron chi connectivity index (χ3n) is 4.18. The molecule has 6 heteroatoms. The summed E-state index contributed by atoms with van der Waals surface area (Å²) in [6.45, 7) is 6.38. The lowest BCUT2D eigenvalue weighted by Crippen LogP contribution is -2.44. The van der Waals surface area contributed by atoms with Gasteiger partial charge in [-0.05, 0) is 37.8 Å². The van der Waals surface area contributed by atoms with Gasteiger partial charge in [0.15, 0.2) is 16.4 Å². The molecule has 1 aliphatic rings. The average molecular weight is 339 g/mol. The highest BCUT2D eigenvalue weighted by molar-refractivity contribution is 7.91. The smallest absolute Gasteiger partial charge is 0.260 e. The minimum absolute atomic E-state index is 0.0533. The lowest BCUT2D eigenvalue weighted by molar-refractivity contribution is -0.135. The number of hydrogen-bond acceptors (Lipinski definition) is 4. The van der Waals surface area contributed by atoms with Crippen molar-refractivity contribution in [3.63, 3.8) is 0 Å². The van der Waals surface area contributed by atoms with Crippen LogP contribution < -0.4 is 4.74 Å². The first-order chi connectivity index (χ1) is 10.8. The van der Waals surface area contributed by atoms with Gasteiger partial charge in [-0.25, -0.2) is 8.42 Å². The van der Waals surface area contributed by atoms with Crippen LogP contribution in [0.1, 0.15) is 30.9 Å². The van der Waals surface area contributed by atoms with E-state index in [2.05, 4.69) is 0 Å². The van der Waals surface area contributed by atoms with E-state index < -0.39 is 9.84 Å². The van der Waals surface area contributed by atoms with Gasteiger partial charge >= 0.3 is 0 Å². The van der Waals surface area contributed by atoms with E-state index in [1.807, 2.05) is 39.0 Å². The minimum Gasteiger partial charge on any atom is -0.483 e. The van der Waals surface area contributed by atoms with Crippen molar-refractivity contribution in [2.24, 2.45) is 0 Å². The van der Waals surface area contributed by atoms with Crippen LogP contribution in [0.3, 0.4) is 0 Å². The second kappa shape index (κ2) is 7.34. The molecule has 128 valence electrons. The van der Waals surface area contributed by atoms with Crippen LogP contribution in [0, 0.1) is 13.8 Å². The van der Waals surface area contributed by atoms with E-state index in [9.17, 15) is 13.2 Å². The molecule has 0 bridgehead atoms. The maximum absolute atomic E-state index is 12.5. The molecule has 23 heavy (non-hydrogen) atoms. The minimum atomic E-state index is -3.01. The molecule has 1 aliphatic heterocycles. The van der Waals surface area contributed by atoms with E-state index in [4.69, 9.17) is 4.74 Å². The number of sulfone groups is 1. The van der Waals surface area contributed by atoms with Crippen LogP contribution in [0.5, 0.6) is 5.75 Å². The molecule has 1 atom stereocenters. The van der Waals surface area contributed by atoms with Crippen LogP contribution in [0.15, 0.2) is 18.2 Å². The summed E-state index contributed by atoms with van der Waals surface area (Å²) in [5, 5.41) is 0. The number of amides is 1. The first kappa shape index (κ1) is 17.8. The molecule has 0 aliphatic carbocycles. The van der Waals surface area contributed by atoms with Crippen LogP contribution >= 0.6 is 0 Å². The van der Waals surface area contributed by atoms with Gasteiger partial charge in [0.25, 0.3) is 5.91 Å². The highest BCUT2D eigenvalue weighted by Gasteiger charge is 2.34. The molecule has 0 spiro atoms. The molecule has 0 saturated carbocycles. The summed E-state index contributed by atoms with van der Waals surface area (Å²) in [6.07, 6.45) is 1.32. The highest BCUT2D eigenvalue weighted by atomic mass is 32.2. The molecule has 0 radical (unpaired) electrons. The van der Waals surface area contributed by atoms with Crippen molar-refractivity contribution in [1.29, 1.82) is 0 Å². The number of aryl methyl sites for hydroxylation is 2. The predicted molar refractivity (Wildman–Crippen MR) is 90.5 cm³/mol. The predicted octanol–water partition coefficient (Wildman–Crippen LogP) is 2.11. The maximum atomic E-state index is 12.5. The van der Waals surface area contributed by atoms with Gasteiger partial charge in [-0.3, -0.25) is 4.79 Å². The molecular weight excluding hydrogens is 314 g/mol. The summed E-state index contributed by atoms with van der Waals surface area (Å²) < 4.78 is 29.1. The summed E-state index contributed by atoms with van der Waals surface area (Å²) >= 11 is 0. The van der Waals surface area contributed by atoms with Gasteiger partial charge in [-0.1, -0.05) is 25.1 Å². The Balaban J connectivity index is 2.04. The number of hydrogen-bond donors (Lipinski definition) is 0. The van der Waals surface area contributed by atoms with Crippen LogP contribution in [0.4, 0.5) is 0 Å². The largest absolute Gasteiger partial charge is 0.483 e. The van der Waals surface area contributed by atoms with Gasteiger partial charge in [0.05, 0.1) is 11.5 Å². The molecule has 1 heterocycles. The van der Waals surface area contributed by atoms with Crippen LogP contribution in [-0.2, 0) is 14.6 Å². The molecular formula is C17H25NO4S. The Morgan fingerprint density at radius 3 is 2.48 bits per heavy atom. The van der Waals surface area contributed by atoms with E-state index in [-0.39, 0.29) is 30.1 Å². The molecule has 1 saturated heterocycles. The van der Waals surface area contributed by atoms with Crippen molar-refractivity contribution in [3.8, 4) is 5.75 Å². The standard InChI is InChI=1S/C17H25NO4S/c1-4-9-18(15-8-10-23(20,21)12-15)16(19)11-22-17-13(2)6-5-7-14(17)3/h5-7,15H,4,8-12H2,1-3H3. The van der Waals surface area contributed by atoms with Crippen molar-refractivity contribution < 1.29 is 17.9 Å². The second-order valence-corrected chi connectivity index (χ2v) is 8.38. The first-order valence-electron chi connectivity index (χ1n) is 8.03. The van der Waals surface area contributed by atoms with Gasteiger partial charge in [0.1, 0.15) is 5.75 Å². The Hall–Kier alpha value is -1.56. The third kappa shape index (κ3) is 4.47. The van der Waals surface area contributed by atoms with E-state index in [1.165, 1.54) is 0 Å². The van der Waals surface area contributed by atoms with Gasteiger partial charge in [-0.2, -0.15) is 0 Å². The van der Waals surface area contributed by atoms with Gasteiger partial charge < -0.3 is 9.64 Å². The third-order valence-corrected chi connectivity index (χ3v) is 5.93. The molecule has 0 aromatic heterocycles. The number of rotatable bonds is 6. The van der Waals surface area contributed by atoms with Crippen LogP contribution in [0.25, 0.3) is 0 Å². The zero-order valence-corrected chi connectivity index (χ0v) is 14.9. The number of benzene rings is 1. The molecule has 0 N–H and O–H groups in total. The SMILES string of the molecule is CCCN(C(=O)COc1c(C)cccc1C)C1CCS(=O)(=O)C1. The van der Waals surface area contributed by atoms with Crippen molar-refractivity contribution in [2.75, 3.05) is 24.7 Å². The van der Waals surface area contributed by atoms with E-state index >= 15 is 0 Å². The topological polar surface area (TPSA) is 63.7 Å². The summed E-state index contributed by atoms with van der Waals surface area (Å²) in [7, 11) is -3.01. The Morgan fingerprint density at radius 2 is 1.96 bits per heavy atom. The number of carbonyl (C=O) groups excluding carboxylic acids is 1. The fourth-order valence-corrected chi connectivity index (χ4v) is 4.75. The Labute approximate surface area is 138 Å². The van der Waals surface area contributed by atoms with Gasteiger partial charge in [0.2, 0.25) is 0 Å². The Kier molecular flexibility index (Phi) is 5.68. The molecule has 1 aromatic carbocycles. The van der Waals surface area contributed by atoms with E-state index in [0.717, 1.165) is 23.3 Å². The monoisotopic (exact) mass is 339 g/mol. The van der Waals surface area contributed by atoms with Crippen LogP contribution in [0.2, 0.25) is 0 Å². The lowest BCUT2D eigenvalue weighted by atomic mass is 10.1. The number of para-hydroxylation sites is 1.